The maximum Gasteiger partial charge on any atom is 0.356 e. The van der Waals surface area contributed by atoms with E-state index in [4.69, 9.17) is 5.11 Å². The fourth-order valence-corrected chi connectivity index (χ4v) is 2.56. The molecule has 88 valence electrons. The van der Waals surface area contributed by atoms with Gasteiger partial charge in [-0.25, -0.2) is 4.79 Å². The van der Waals surface area contributed by atoms with Gasteiger partial charge in [0.2, 0.25) is 0 Å². The number of carboxylic acid groups (broad SMARTS) is 1. The molecule has 0 radical (unpaired) electrons. The molecule has 1 fully saturated rings. The van der Waals surface area contributed by atoms with Crippen LogP contribution in [-0.2, 0) is 0 Å². The van der Waals surface area contributed by atoms with E-state index in [-0.39, 0.29) is 5.69 Å². The van der Waals surface area contributed by atoms with Gasteiger partial charge in [-0.05, 0) is 12.1 Å². The van der Waals surface area contributed by atoms with Crippen LogP contribution in [0.2, 0.25) is 0 Å². The zero-order valence-corrected chi connectivity index (χ0v) is 9.78. The summed E-state index contributed by atoms with van der Waals surface area (Å²) in [4.78, 5) is 14.1. The first-order valence-corrected chi connectivity index (χ1v) is 6.45. The Hall–Kier alpha value is -1.69. The number of carbonyl (C=O) groups is 1. The fourth-order valence-electron chi connectivity index (χ4n) is 1.83. The Kier molecular flexibility index (Phi) is 2.44. The summed E-state index contributed by atoms with van der Waals surface area (Å²) in [5.41, 5.74) is 1.85. The van der Waals surface area contributed by atoms with E-state index in [9.17, 15) is 4.79 Å². The topological polar surface area (TPSA) is 70.9 Å². The van der Waals surface area contributed by atoms with E-state index in [1.54, 1.807) is 6.07 Å². The van der Waals surface area contributed by atoms with E-state index in [1.165, 1.54) is 0 Å². The number of aromatic amines is 1. The molecule has 0 atom stereocenters. The van der Waals surface area contributed by atoms with Crippen LogP contribution in [0.5, 0.6) is 0 Å². The fraction of sp³-hybridized carbons (Fsp3) is 0.273. The SMILES string of the molecule is O=C(O)c1cc(-c2ccc[nH]2)n(C2CSC2)n1. The van der Waals surface area contributed by atoms with Crippen molar-refractivity contribution in [2.45, 2.75) is 6.04 Å². The zero-order chi connectivity index (χ0) is 11.8. The molecule has 2 aromatic heterocycles. The molecule has 3 rings (SSSR count). The highest BCUT2D eigenvalue weighted by molar-refractivity contribution is 8.00. The minimum atomic E-state index is -0.983. The second-order valence-electron chi connectivity index (χ2n) is 3.94. The van der Waals surface area contributed by atoms with Crippen molar-refractivity contribution in [3.8, 4) is 11.4 Å². The van der Waals surface area contributed by atoms with E-state index in [2.05, 4.69) is 10.1 Å². The molecule has 0 amide bonds. The number of nitrogens with zero attached hydrogens (tertiary/aromatic N) is 2. The first kappa shape index (κ1) is 10.5. The number of carboxylic acids is 1. The van der Waals surface area contributed by atoms with Gasteiger partial charge in [0.05, 0.1) is 17.4 Å². The van der Waals surface area contributed by atoms with Crippen molar-refractivity contribution >= 4 is 17.7 Å². The van der Waals surface area contributed by atoms with E-state index in [0.717, 1.165) is 22.9 Å². The number of aromatic nitrogens is 3. The molecule has 0 bridgehead atoms. The van der Waals surface area contributed by atoms with Crippen molar-refractivity contribution in [3.63, 3.8) is 0 Å². The maximum atomic E-state index is 11.0. The minimum absolute atomic E-state index is 0.103. The highest BCUT2D eigenvalue weighted by Crippen LogP contribution is 2.33. The quantitative estimate of drug-likeness (QED) is 0.871. The van der Waals surface area contributed by atoms with Crippen LogP contribution in [-0.4, -0.2) is 37.3 Å². The second kappa shape index (κ2) is 3.96. The number of rotatable bonds is 3. The maximum absolute atomic E-state index is 11.0. The summed E-state index contributed by atoms with van der Waals surface area (Å²) >= 11 is 1.85. The van der Waals surface area contributed by atoms with Crippen molar-refractivity contribution in [1.82, 2.24) is 14.8 Å². The van der Waals surface area contributed by atoms with Gasteiger partial charge >= 0.3 is 5.97 Å². The van der Waals surface area contributed by atoms with E-state index >= 15 is 0 Å². The van der Waals surface area contributed by atoms with Crippen LogP contribution in [0.25, 0.3) is 11.4 Å². The van der Waals surface area contributed by atoms with Gasteiger partial charge in [0.25, 0.3) is 0 Å². The number of nitrogens with one attached hydrogen (secondary N) is 1. The summed E-state index contributed by atoms with van der Waals surface area (Å²) in [6.45, 7) is 0. The van der Waals surface area contributed by atoms with Crippen molar-refractivity contribution in [2.24, 2.45) is 0 Å². The Morgan fingerprint density at radius 1 is 1.59 bits per heavy atom. The number of H-pyrrole nitrogens is 1. The summed E-state index contributed by atoms with van der Waals surface area (Å²) in [6, 6.07) is 5.75. The van der Waals surface area contributed by atoms with E-state index in [0.29, 0.717) is 6.04 Å². The summed E-state index contributed by atoms with van der Waals surface area (Å²) in [5, 5.41) is 13.2. The smallest absolute Gasteiger partial charge is 0.356 e. The van der Waals surface area contributed by atoms with Gasteiger partial charge in [-0.3, -0.25) is 4.68 Å². The van der Waals surface area contributed by atoms with E-state index in [1.807, 2.05) is 34.8 Å². The number of hydrogen-bond acceptors (Lipinski definition) is 3. The minimum Gasteiger partial charge on any atom is -0.476 e. The molecule has 1 aliphatic rings. The van der Waals surface area contributed by atoms with Crippen LogP contribution >= 0.6 is 11.8 Å². The Bertz CT molecular complexity index is 543. The van der Waals surface area contributed by atoms with Crippen molar-refractivity contribution in [3.05, 3.63) is 30.1 Å². The molecule has 0 aromatic carbocycles. The van der Waals surface area contributed by atoms with Gasteiger partial charge in [-0.1, -0.05) is 0 Å². The average Bonchev–Trinajstić information content (AvgIpc) is 2.80. The molecule has 0 saturated carbocycles. The highest BCUT2D eigenvalue weighted by atomic mass is 32.2. The molecule has 1 aliphatic heterocycles. The third-order valence-electron chi connectivity index (χ3n) is 2.80. The first-order valence-electron chi connectivity index (χ1n) is 5.30. The largest absolute Gasteiger partial charge is 0.476 e. The van der Waals surface area contributed by atoms with Crippen LogP contribution in [0.1, 0.15) is 16.5 Å². The van der Waals surface area contributed by atoms with Gasteiger partial charge in [0, 0.05) is 23.8 Å². The van der Waals surface area contributed by atoms with Crippen molar-refractivity contribution < 1.29 is 9.90 Å². The van der Waals surface area contributed by atoms with Crippen LogP contribution in [0.15, 0.2) is 24.4 Å². The summed E-state index contributed by atoms with van der Waals surface area (Å²) in [6.07, 6.45) is 1.82. The average molecular weight is 249 g/mol. The molecular weight excluding hydrogens is 238 g/mol. The van der Waals surface area contributed by atoms with Crippen molar-refractivity contribution in [1.29, 1.82) is 0 Å². The molecule has 6 heteroatoms. The van der Waals surface area contributed by atoms with Gasteiger partial charge in [-0.15, -0.1) is 0 Å². The Morgan fingerprint density at radius 2 is 2.41 bits per heavy atom. The van der Waals surface area contributed by atoms with Gasteiger partial charge < -0.3 is 10.1 Å². The van der Waals surface area contributed by atoms with Crippen LogP contribution in [0, 0.1) is 0 Å². The lowest BCUT2D eigenvalue weighted by Gasteiger charge is -2.26. The molecule has 17 heavy (non-hydrogen) atoms. The summed E-state index contributed by atoms with van der Waals surface area (Å²) in [5.74, 6) is 1.01. The van der Waals surface area contributed by atoms with Crippen LogP contribution < -0.4 is 0 Å². The molecule has 0 aliphatic carbocycles. The van der Waals surface area contributed by atoms with Gasteiger partial charge in [-0.2, -0.15) is 16.9 Å². The normalized spacial score (nSPS) is 15.8. The third-order valence-corrected chi connectivity index (χ3v) is 4.04. The predicted molar refractivity (Wildman–Crippen MR) is 65.3 cm³/mol. The van der Waals surface area contributed by atoms with Crippen LogP contribution in [0.4, 0.5) is 0 Å². The number of aromatic carboxylic acids is 1. The lowest BCUT2D eigenvalue weighted by molar-refractivity contribution is 0.0689. The molecule has 0 unspecified atom stereocenters. The Morgan fingerprint density at radius 3 is 2.94 bits per heavy atom. The standard InChI is InChI=1S/C11H11N3O2S/c15-11(16)9-4-10(8-2-1-3-12-8)14(13-9)7-5-17-6-7/h1-4,7,12H,5-6H2,(H,15,16). The molecule has 3 heterocycles. The zero-order valence-electron chi connectivity index (χ0n) is 8.96. The molecule has 5 nitrogen and oxygen atoms in total. The predicted octanol–water partition coefficient (Wildman–Crippen LogP) is 1.86. The highest BCUT2D eigenvalue weighted by Gasteiger charge is 2.26. The summed E-state index contributed by atoms with van der Waals surface area (Å²) < 4.78 is 1.83. The van der Waals surface area contributed by atoms with Gasteiger partial charge in [0.15, 0.2) is 5.69 Å². The van der Waals surface area contributed by atoms with Crippen LogP contribution in [0.3, 0.4) is 0 Å². The molecule has 0 spiro atoms. The lowest BCUT2D eigenvalue weighted by Crippen LogP contribution is -2.24. The monoisotopic (exact) mass is 249 g/mol. The number of thioether (sulfide) groups is 1. The lowest BCUT2D eigenvalue weighted by atomic mass is 10.2. The molecule has 1 saturated heterocycles. The van der Waals surface area contributed by atoms with Gasteiger partial charge in [0.1, 0.15) is 0 Å². The molecular formula is C11H11N3O2S. The summed E-state index contributed by atoms with van der Waals surface area (Å²) in [7, 11) is 0. The first-order chi connectivity index (χ1) is 8.25. The Labute approximate surface area is 102 Å². The second-order valence-corrected chi connectivity index (χ2v) is 5.01. The van der Waals surface area contributed by atoms with E-state index < -0.39 is 5.97 Å². The third kappa shape index (κ3) is 1.74. The van der Waals surface area contributed by atoms with Crippen molar-refractivity contribution in [2.75, 3.05) is 11.5 Å². The Balaban J connectivity index is 2.08. The molecule has 2 N–H and O–H groups in total. The molecule has 2 aromatic rings. The number of hydrogen-bond donors (Lipinski definition) is 2.